The Balaban J connectivity index is 1.41. The molecule has 0 atom stereocenters. The van der Waals surface area contributed by atoms with Crippen LogP contribution in [0, 0.1) is 11.3 Å². The van der Waals surface area contributed by atoms with Gasteiger partial charge in [0.15, 0.2) is 0 Å². The van der Waals surface area contributed by atoms with Crippen LogP contribution in [0.2, 0.25) is 0 Å². The molecular formula is C12H24N4. The summed E-state index contributed by atoms with van der Waals surface area (Å²) in [6, 6.07) is 0. The Kier molecular flexibility index (Phi) is 2.70. The summed E-state index contributed by atoms with van der Waals surface area (Å²) in [5.41, 5.74) is 0.599. The SMILES string of the molecule is CN1CC(CN2CCC3(CC2)CN(N)C3)C1. The first-order valence-electron chi connectivity index (χ1n) is 6.56. The predicted molar refractivity (Wildman–Crippen MR) is 64.9 cm³/mol. The standard InChI is InChI=1S/C12H24N4/c1-14-6-11(7-14)8-15-4-2-12(3-5-15)9-16(13)10-12/h11H,2-10,13H2,1H3. The molecule has 0 saturated carbocycles. The molecule has 0 bridgehead atoms. The monoisotopic (exact) mass is 224 g/mol. The molecule has 3 saturated heterocycles. The van der Waals surface area contributed by atoms with Crippen LogP contribution in [-0.4, -0.2) is 67.7 Å². The van der Waals surface area contributed by atoms with Crippen molar-refractivity contribution in [3.8, 4) is 0 Å². The lowest BCUT2D eigenvalue weighted by atomic mass is 9.73. The third-order valence-corrected chi connectivity index (χ3v) is 4.65. The molecule has 0 aliphatic carbocycles. The molecular weight excluding hydrogens is 200 g/mol. The fourth-order valence-electron chi connectivity index (χ4n) is 3.65. The van der Waals surface area contributed by atoms with Crippen LogP contribution in [0.4, 0.5) is 0 Å². The van der Waals surface area contributed by atoms with Gasteiger partial charge in [0.1, 0.15) is 0 Å². The Morgan fingerprint density at radius 2 is 1.81 bits per heavy atom. The average molecular weight is 224 g/mol. The Morgan fingerprint density at radius 1 is 1.19 bits per heavy atom. The highest BCUT2D eigenvalue weighted by molar-refractivity contribution is 4.96. The fourth-order valence-corrected chi connectivity index (χ4v) is 3.65. The van der Waals surface area contributed by atoms with E-state index in [1.807, 2.05) is 5.01 Å². The molecule has 4 heteroatoms. The van der Waals surface area contributed by atoms with Crippen LogP contribution in [0.3, 0.4) is 0 Å². The first kappa shape index (κ1) is 11.0. The zero-order valence-corrected chi connectivity index (χ0v) is 10.4. The normalized spacial score (nSPS) is 32.6. The van der Waals surface area contributed by atoms with Crippen LogP contribution < -0.4 is 5.84 Å². The van der Waals surface area contributed by atoms with Gasteiger partial charge in [-0.15, -0.1) is 0 Å². The van der Waals surface area contributed by atoms with Gasteiger partial charge in [-0.25, -0.2) is 5.01 Å². The van der Waals surface area contributed by atoms with E-state index in [-0.39, 0.29) is 0 Å². The second-order valence-corrected chi connectivity index (χ2v) is 6.29. The lowest BCUT2D eigenvalue weighted by Gasteiger charge is -2.53. The van der Waals surface area contributed by atoms with E-state index in [2.05, 4.69) is 16.8 Å². The van der Waals surface area contributed by atoms with Crippen LogP contribution in [0.1, 0.15) is 12.8 Å². The summed E-state index contributed by atoms with van der Waals surface area (Å²) in [5, 5.41) is 1.97. The van der Waals surface area contributed by atoms with E-state index < -0.39 is 0 Å². The highest BCUT2D eigenvalue weighted by Crippen LogP contribution is 2.38. The average Bonchev–Trinajstić information content (AvgIpc) is 2.17. The zero-order valence-electron chi connectivity index (χ0n) is 10.4. The molecule has 0 aromatic carbocycles. The van der Waals surface area contributed by atoms with E-state index in [1.54, 1.807) is 0 Å². The van der Waals surface area contributed by atoms with Crippen LogP contribution in [0.25, 0.3) is 0 Å². The molecule has 0 radical (unpaired) electrons. The topological polar surface area (TPSA) is 35.7 Å². The van der Waals surface area contributed by atoms with E-state index in [1.165, 1.54) is 45.6 Å². The second-order valence-electron chi connectivity index (χ2n) is 6.29. The molecule has 0 unspecified atom stereocenters. The van der Waals surface area contributed by atoms with Gasteiger partial charge in [-0.2, -0.15) is 0 Å². The van der Waals surface area contributed by atoms with Crippen molar-refractivity contribution in [1.82, 2.24) is 14.8 Å². The lowest BCUT2D eigenvalue weighted by Crippen LogP contribution is -2.63. The van der Waals surface area contributed by atoms with Crippen LogP contribution in [-0.2, 0) is 0 Å². The molecule has 0 aromatic heterocycles. The van der Waals surface area contributed by atoms with Crippen molar-refractivity contribution in [3.63, 3.8) is 0 Å². The van der Waals surface area contributed by atoms with E-state index >= 15 is 0 Å². The van der Waals surface area contributed by atoms with Gasteiger partial charge >= 0.3 is 0 Å². The molecule has 3 aliphatic heterocycles. The molecule has 16 heavy (non-hydrogen) atoms. The maximum absolute atomic E-state index is 5.76. The predicted octanol–water partition coefficient (Wildman–Crippen LogP) is -0.180. The summed E-state index contributed by atoms with van der Waals surface area (Å²) in [6.45, 7) is 8.80. The summed E-state index contributed by atoms with van der Waals surface area (Å²) >= 11 is 0. The maximum atomic E-state index is 5.76. The van der Waals surface area contributed by atoms with Crippen molar-refractivity contribution in [1.29, 1.82) is 0 Å². The van der Waals surface area contributed by atoms with Crippen molar-refractivity contribution in [2.45, 2.75) is 12.8 Å². The number of nitrogens with two attached hydrogens (primary N) is 1. The van der Waals surface area contributed by atoms with Gasteiger partial charge in [-0.05, 0) is 38.9 Å². The van der Waals surface area contributed by atoms with E-state index in [0.717, 1.165) is 19.0 Å². The summed E-state index contributed by atoms with van der Waals surface area (Å²) in [4.78, 5) is 5.08. The summed E-state index contributed by atoms with van der Waals surface area (Å²) < 4.78 is 0. The first-order valence-corrected chi connectivity index (χ1v) is 6.56. The fraction of sp³-hybridized carbons (Fsp3) is 1.00. The van der Waals surface area contributed by atoms with E-state index in [4.69, 9.17) is 5.84 Å². The van der Waals surface area contributed by atoms with Gasteiger partial charge in [-0.1, -0.05) is 0 Å². The number of rotatable bonds is 2. The van der Waals surface area contributed by atoms with Crippen LogP contribution in [0.15, 0.2) is 0 Å². The number of hydrazine groups is 1. The number of nitrogens with zero attached hydrogens (tertiary/aromatic N) is 3. The van der Waals surface area contributed by atoms with Gasteiger partial charge in [0, 0.05) is 38.1 Å². The minimum absolute atomic E-state index is 0.599. The van der Waals surface area contributed by atoms with E-state index in [9.17, 15) is 0 Å². The van der Waals surface area contributed by atoms with Crippen molar-refractivity contribution >= 4 is 0 Å². The first-order chi connectivity index (χ1) is 7.65. The second kappa shape index (κ2) is 3.95. The van der Waals surface area contributed by atoms with Crippen molar-refractivity contribution in [2.75, 3.05) is 52.9 Å². The number of likely N-dealkylation sites (tertiary alicyclic amines) is 2. The molecule has 3 aliphatic rings. The molecule has 92 valence electrons. The third kappa shape index (κ3) is 1.99. The van der Waals surface area contributed by atoms with E-state index in [0.29, 0.717) is 5.41 Å². The highest BCUT2D eigenvalue weighted by Gasteiger charge is 2.43. The molecule has 3 fully saturated rings. The van der Waals surface area contributed by atoms with Crippen molar-refractivity contribution in [3.05, 3.63) is 0 Å². The molecule has 3 heterocycles. The van der Waals surface area contributed by atoms with Crippen LogP contribution in [0.5, 0.6) is 0 Å². The van der Waals surface area contributed by atoms with Gasteiger partial charge in [-0.3, -0.25) is 5.84 Å². The minimum atomic E-state index is 0.599. The highest BCUT2D eigenvalue weighted by atomic mass is 15.4. The lowest BCUT2D eigenvalue weighted by molar-refractivity contribution is -0.0531. The van der Waals surface area contributed by atoms with Gasteiger partial charge in [0.05, 0.1) is 0 Å². The molecule has 1 spiro atoms. The molecule has 4 nitrogen and oxygen atoms in total. The summed E-state index contributed by atoms with van der Waals surface area (Å²) in [6.07, 6.45) is 2.73. The molecule has 3 rings (SSSR count). The number of piperidine rings is 1. The van der Waals surface area contributed by atoms with Crippen molar-refractivity contribution < 1.29 is 0 Å². The van der Waals surface area contributed by atoms with Gasteiger partial charge in [0.25, 0.3) is 0 Å². The Labute approximate surface area is 98.3 Å². The third-order valence-electron chi connectivity index (χ3n) is 4.65. The van der Waals surface area contributed by atoms with Crippen molar-refractivity contribution in [2.24, 2.45) is 17.2 Å². The largest absolute Gasteiger partial charge is 0.306 e. The quantitative estimate of drug-likeness (QED) is 0.660. The zero-order chi connectivity index (χ0) is 11.2. The molecule has 0 aromatic rings. The van der Waals surface area contributed by atoms with Crippen LogP contribution >= 0.6 is 0 Å². The number of hydrogen-bond donors (Lipinski definition) is 1. The Hall–Kier alpha value is -0.160. The summed E-state index contributed by atoms with van der Waals surface area (Å²) in [7, 11) is 2.21. The minimum Gasteiger partial charge on any atom is -0.306 e. The summed E-state index contributed by atoms with van der Waals surface area (Å²) in [5.74, 6) is 6.70. The maximum Gasteiger partial charge on any atom is 0.0199 e. The Bertz CT molecular complexity index is 246. The molecule has 0 amide bonds. The van der Waals surface area contributed by atoms with Gasteiger partial charge in [0.2, 0.25) is 0 Å². The Morgan fingerprint density at radius 3 is 2.31 bits per heavy atom. The molecule has 2 N–H and O–H groups in total. The van der Waals surface area contributed by atoms with Gasteiger partial charge < -0.3 is 9.80 Å². The smallest absolute Gasteiger partial charge is 0.0199 e. The number of hydrogen-bond acceptors (Lipinski definition) is 4.